The van der Waals surface area contributed by atoms with E-state index in [2.05, 4.69) is 5.32 Å². The summed E-state index contributed by atoms with van der Waals surface area (Å²) in [7, 11) is 1.48. The molecule has 0 bridgehead atoms. The van der Waals surface area contributed by atoms with Crippen LogP contribution in [0.1, 0.15) is 19.4 Å². The average molecular weight is 247 g/mol. The number of nitrogens with zero attached hydrogens (tertiary/aromatic N) is 1. The van der Waals surface area contributed by atoms with Crippen molar-refractivity contribution in [1.82, 2.24) is 0 Å². The lowest BCUT2D eigenvalue weighted by atomic mass is 10.0. The molecular formula is C13H17N3O2. The molecule has 5 heteroatoms. The Hall–Kier alpha value is -2.06. The van der Waals surface area contributed by atoms with E-state index in [1.54, 1.807) is 18.2 Å². The zero-order valence-electron chi connectivity index (χ0n) is 10.7. The van der Waals surface area contributed by atoms with Crippen LogP contribution >= 0.6 is 0 Å². The number of methoxy groups -OCH3 is 1. The molecule has 0 saturated heterocycles. The number of rotatable bonds is 4. The van der Waals surface area contributed by atoms with Gasteiger partial charge in [0.25, 0.3) is 0 Å². The molecule has 0 fully saturated rings. The number of hydrogen-bond donors (Lipinski definition) is 2. The molecule has 0 unspecified atom stereocenters. The van der Waals surface area contributed by atoms with Gasteiger partial charge in [-0.1, -0.05) is 13.8 Å². The van der Waals surface area contributed by atoms with Gasteiger partial charge in [0.1, 0.15) is 5.75 Å². The zero-order chi connectivity index (χ0) is 13.7. The van der Waals surface area contributed by atoms with Crippen LogP contribution in [-0.4, -0.2) is 19.1 Å². The van der Waals surface area contributed by atoms with Crippen LogP contribution in [0, 0.1) is 17.2 Å². The summed E-state index contributed by atoms with van der Waals surface area (Å²) in [4.78, 5) is 11.8. The van der Waals surface area contributed by atoms with Gasteiger partial charge in [-0.25, -0.2) is 0 Å². The van der Waals surface area contributed by atoms with Crippen LogP contribution in [0.5, 0.6) is 5.75 Å². The second-order valence-electron chi connectivity index (χ2n) is 4.29. The molecule has 0 radical (unpaired) electrons. The molecule has 3 N–H and O–H groups in total. The molecule has 18 heavy (non-hydrogen) atoms. The molecule has 0 saturated carbocycles. The van der Waals surface area contributed by atoms with E-state index in [1.807, 2.05) is 19.9 Å². The van der Waals surface area contributed by atoms with E-state index in [-0.39, 0.29) is 11.8 Å². The molecule has 1 aromatic rings. The summed E-state index contributed by atoms with van der Waals surface area (Å²) in [6.07, 6.45) is 0. The minimum Gasteiger partial charge on any atom is -0.495 e. The molecule has 5 nitrogen and oxygen atoms in total. The highest BCUT2D eigenvalue weighted by Crippen LogP contribution is 2.25. The van der Waals surface area contributed by atoms with Crippen LogP contribution in [0.3, 0.4) is 0 Å². The van der Waals surface area contributed by atoms with Gasteiger partial charge >= 0.3 is 0 Å². The first-order valence-electron chi connectivity index (χ1n) is 5.64. The molecule has 1 amide bonds. The fourth-order valence-corrected chi connectivity index (χ4v) is 1.38. The predicted molar refractivity (Wildman–Crippen MR) is 69.2 cm³/mol. The largest absolute Gasteiger partial charge is 0.495 e. The minimum absolute atomic E-state index is 0.0503. The molecule has 1 aromatic carbocycles. The van der Waals surface area contributed by atoms with Crippen LogP contribution in [-0.2, 0) is 4.79 Å². The monoisotopic (exact) mass is 247 g/mol. The van der Waals surface area contributed by atoms with Gasteiger partial charge in [-0.05, 0) is 18.1 Å². The van der Waals surface area contributed by atoms with Gasteiger partial charge in [0.15, 0.2) is 0 Å². The van der Waals surface area contributed by atoms with Crippen molar-refractivity contribution in [3.63, 3.8) is 0 Å². The zero-order valence-corrected chi connectivity index (χ0v) is 10.7. The first kappa shape index (κ1) is 14.0. The SMILES string of the molecule is COc1cc(C#N)ccc1NC(=O)[C@@H](N)C(C)C. The number of anilines is 1. The number of carbonyl (C=O) groups excluding carboxylic acids is 1. The van der Waals surface area contributed by atoms with Gasteiger partial charge in [-0.3, -0.25) is 4.79 Å². The van der Waals surface area contributed by atoms with Gasteiger partial charge in [0, 0.05) is 6.07 Å². The Morgan fingerprint density at radius 2 is 2.17 bits per heavy atom. The normalized spacial score (nSPS) is 11.8. The van der Waals surface area contributed by atoms with E-state index in [1.165, 1.54) is 7.11 Å². The van der Waals surface area contributed by atoms with Crippen LogP contribution in [0.2, 0.25) is 0 Å². The Kier molecular flexibility index (Phi) is 4.69. The maximum Gasteiger partial charge on any atom is 0.241 e. The molecule has 0 aliphatic carbocycles. The van der Waals surface area contributed by atoms with Gasteiger partial charge in [0.2, 0.25) is 5.91 Å². The summed E-state index contributed by atoms with van der Waals surface area (Å²) in [6, 6.07) is 6.23. The van der Waals surface area contributed by atoms with Crippen molar-refractivity contribution < 1.29 is 9.53 Å². The second-order valence-corrected chi connectivity index (χ2v) is 4.29. The Bertz CT molecular complexity index is 478. The van der Waals surface area contributed by atoms with Crippen molar-refractivity contribution in [2.24, 2.45) is 11.7 Å². The Morgan fingerprint density at radius 3 is 2.67 bits per heavy atom. The van der Waals surface area contributed by atoms with Crippen LogP contribution in [0.4, 0.5) is 5.69 Å². The van der Waals surface area contributed by atoms with Crippen LogP contribution < -0.4 is 15.8 Å². The van der Waals surface area contributed by atoms with E-state index in [4.69, 9.17) is 15.7 Å². The van der Waals surface area contributed by atoms with Crippen molar-refractivity contribution in [1.29, 1.82) is 5.26 Å². The van der Waals surface area contributed by atoms with Crippen molar-refractivity contribution >= 4 is 11.6 Å². The number of carbonyl (C=O) groups is 1. The molecule has 0 heterocycles. The molecule has 96 valence electrons. The average Bonchev–Trinajstić information content (AvgIpc) is 2.37. The summed E-state index contributed by atoms with van der Waals surface area (Å²) in [5.74, 6) is 0.223. The summed E-state index contributed by atoms with van der Waals surface area (Å²) in [5.41, 5.74) is 6.73. The number of ether oxygens (including phenoxy) is 1. The summed E-state index contributed by atoms with van der Waals surface area (Å²) >= 11 is 0. The van der Waals surface area contributed by atoms with E-state index in [0.717, 1.165) is 0 Å². The molecule has 1 atom stereocenters. The van der Waals surface area contributed by atoms with Crippen molar-refractivity contribution in [2.75, 3.05) is 12.4 Å². The number of nitrogens with one attached hydrogen (secondary N) is 1. The van der Waals surface area contributed by atoms with Crippen molar-refractivity contribution in [3.05, 3.63) is 23.8 Å². The van der Waals surface area contributed by atoms with Crippen molar-refractivity contribution in [3.8, 4) is 11.8 Å². The Morgan fingerprint density at radius 1 is 1.50 bits per heavy atom. The van der Waals surface area contributed by atoms with Crippen molar-refractivity contribution in [2.45, 2.75) is 19.9 Å². The standard InChI is InChI=1S/C13H17N3O2/c1-8(2)12(15)13(17)16-10-5-4-9(7-14)6-11(10)18-3/h4-6,8,12H,15H2,1-3H3,(H,16,17)/t12-/m0/s1. The summed E-state index contributed by atoms with van der Waals surface area (Å²) < 4.78 is 5.12. The Labute approximate surface area is 107 Å². The molecule has 1 rings (SSSR count). The Balaban J connectivity index is 2.91. The highest BCUT2D eigenvalue weighted by Gasteiger charge is 2.18. The quantitative estimate of drug-likeness (QED) is 0.843. The third kappa shape index (κ3) is 3.22. The van der Waals surface area contributed by atoms with Crippen LogP contribution in [0.15, 0.2) is 18.2 Å². The van der Waals surface area contributed by atoms with Gasteiger partial charge in [-0.15, -0.1) is 0 Å². The van der Waals surface area contributed by atoms with Gasteiger partial charge in [0.05, 0.1) is 30.5 Å². The lowest BCUT2D eigenvalue weighted by Gasteiger charge is -2.16. The smallest absolute Gasteiger partial charge is 0.241 e. The summed E-state index contributed by atoms with van der Waals surface area (Å²) in [5, 5.41) is 11.5. The van der Waals surface area contributed by atoms with E-state index in [0.29, 0.717) is 17.0 Å². The molecule has 0 aliphatic rings. The number of nitrogens with two attached hydrogens (primary N) is 1. The van der Waals surface area contributed by atoms with Gasteiger partial charge < -0.3 is 15.8 Å². The number of benzene rings is 1. The first-order chi connectivity index (χ1) is 8.49. The lowest BCUT2D eigenvalue weighted by molar-refractivity contribution is -0.118. The molecule has 0 aliphatic heterocycles. The highest BCUT2D eigenvalue weighted by molar-refractivity contribution is 5.96. The third-order valence-electron chi connectivity index (χ3n) is 2.61. The van der Waals surface area contributed by atoms with E-state index < -0.39 is 6.04 Å². The fourth-order valence-electron chi connectivity index (χ4n) is 1.38. The molecule has 0 spiro atoms. The molecular weight excluding hydrogens is 230 g/mol. The highest BCUT2D eigenvalue weighted by atomic mass is 16.5. The first-order valence-corrected chi connectivity index (χ1v) is 5.64. The number of amides is 1. The van der Waals surface area contributed by atoms with Gasteiger partial charge in [-0.2, -0.15) is 5.26 Å². The van der Waals surface area contributed by atoms with Crippen LogP contribution in [0.25, 0.3) is 0 Å². The number of nitriles is 1. The van der Waals surface area contributed by atoms with E-state index in [9.17, 15) is 4.79 Å². The predicted octanol–water partition coefficient (Wildman–Crippen LogP) is 1.49. The fraction of sp³-hybridized carbons (Fsp3) is 0.385. The maximum absolute atomic E-state index is 11.8. The van der Waals surface area contributed by atoms with E-state index >= 15 is 0 Å². The second kappa shape index (κ2) is 6.03. The third-order valence-corrected chi connectivity index (χ3v) is 2.61. The molecule has 0 aromatic heterocycles. The minimum atomic E-state index is -0.578. The topological polar surface area (TPSA) is 88.1 Å². The maximum atomic E-state index is 11.8. The summed E-state index contributed by atoms with van der Waals surface area (Å²) in [6.45, 7) is 3.75. The lowest BCUT2D eigenvalue weighted by Crippen LogP contribution is -2.39. The number of hydrogen-bond acceptors (Lipinski definition) is 4.